The van der Waals surface area contributed by atoms with Crippen molar-refractivity contribution in [1.82, 2.24) is 24.6 Å². The number of nitrogens with zero attached hydrogens (tertiary/aromatic N) is 5. The van der Waals surface area contributed by atoms with E-state index in [-0.39, 0.29) is 39.0 Å². The molecule has 2 aromatic carbocycles. The van der Waals surface area contributed by atoms with Gasteiger partial charge in [-0.05, 0) is 149 Å². The molecule has 10 rings (SSSR count). The van der Waals surface area contributed by atoms with E-state index in [2.05, 4.69) is 64.2 Å². The van der Waals surface area contributed by atoms with Gasteiger partial charge in [0.15, 0.2) is 11.5 Å². The van der Waals surface area contributed by atoms with Gasteiger partial charge < -0.3 is 25.0 Å². The molecule has 0 radical (unpaired) electrons. The standard InChI is InChI=1S/C48H56N8O6S/c1-47(58)17-12-31(13-18-47)26-50-45-41(53-59)25-37(28-52-45)63(60,61)54-46(57)40-11-10-35(24-43(40)62-36-23-33-16-21-49-44(33)51-27-36)55-29-48(30-55)19-14-34(15-20-48)56-22-4-7-42(56)39-6-3-2-5-38(39)32-8-9-32/h2-3,5-6,10-11,16,21,23-25,27-28,31-32,34,42,58H,4,7-9,12-15,17-20,22,26,29-30H2,1H3,(H,49,51)(H,50,52)(H,54,57)/t31?,42-,47?/m1/s1. The molecule has 0 unspecified atom stereocenters. The number of carbonyl (C=O) groups is 1. The number of benzene rings is 2. The van der Waals surface area contributed by atoms with E-state index >= 15 is 0 Å². The van der Waals surface area contributed by atoms with E-state index in [1.54, 1.807) is 35.7 Å². The first kappa shape index (κ1) is 41.6. The number of fused-ring (bicyclic) bond motifs is 1. The molecule has 1 spiro atoms. The van der Waals surface area contributed by atoms with E-state index < -0.39 is 21.5 Å². The van der Waals surface area contributed by atoms with E-state index in [0.717, 1.165) is 55.2 Å². The summed E-state index contributed by atoms with van der Waals surface area (Å²) < 4.78 is 35.9. The summed E-state index contributed by atoms with van der Waals surface area (Å²) in [5.74, 6) is 0.833. The van der Waals surface area contributed by atoms with Crippen molar-refractivity contribution in [3.05, 3.63) is 101 Å². The number of aromatic amines is 1. The van der Waals surface area contributed by atoms with Crippen molar-refractivity contribution >= 4 is 44.2 Å². The largest absolute Gasteiger partial charge is 0.455 e. The van der Waals surface area contributed by atoms with Crippen LogP contribution in [0, 0.1) is 16.2 Å². The first-order chi connectivity index (χ1) is 30.4. The van der Waals surface area contributed by atoms with E-state index in [1.807, 2.05) is 25.1 Å². The fourth-order valence-electron chi connectivity index (χ4n) is 10.8. The topological polar surface area (TPSA) is 182 Å². The molecule has 330 valence electrons. The molecule has 5 aliphatic rings. The van der Waals surface area contributed by atoms with Crippen LogP contribution in [0.15, 0.2) is 89.3 Å². The van der Waals surface area contributed by atoms with Crippen LogP contribution in [-0.2, 0) is 10.0 Å². The van der Waals surface area contributed by atoms with Gasteiger partial charge in [-0.3, -0.25) is 9.69 Å². The second-order valence-electron chi connectivity index (χ2n) is 19.1. The molecule has 2 aliphatic heterocycles. The molecule has 63 heavy (non-hydrogen) atoms. The number of carbonyl (C=O) groups excluding carboxylic acids is 1. The van der Waals surface area contributed by atoms with Gasteiger partial charge in [0.25, 0.3) is 15.9 Å². The Morgan fingerprint density at radius 2 is 1.71 bits per heavy atom. The second-order valence-corrected chi connectivity index (χ2v) is 20.8. The summed E-state index contributed by atoms with van der Waals surface area (Å²) in [6.45, 7) is 5.30. The van der Waals surface area contributed by atoms with Crippen molar-refractivity contribution in [1.29, 1.82) is 0 Å². The Morgan fingerprint density at radius 1 is 0.937 bits per heavy atom. The number of aliphatic hydroxyl groups is 1. The van der Waals surface area contributed by atoms with Gasteiger partial charge in [-0.25, -0.2) is 23.1 Å². The van der Waals surface area contributed by atoms with Gasteiger partial charge in [-0.2, -0.15) is 0 Å². The van der Waals surface area contributed by atoms with E-state index in [1.165, 1.54) is 57.9 Å². The van der Waals surface area contributed by atoms with Crippen molar-refractivity contribution in [2.45, 2.75) is 112 Å². The monoisotopic (exact) mass is 872 g/mol. The molecule has 3 aromatic heterocycles. The maximum Gasteiger partial charge on any atom is 0.268 e. The lowest BCUT2D eigenvalue weighted by atomic mass is 9.67. The number of sulfonamides is 1. The van der Waals surface area contributed by atoms with E-state index in [4.69, 9.17) is 4.74 Å². The van der Waals surface area contributed by atoms with Crippen LogP contribution in [0.2, 0.25) is 0 Å². The average molecular weight is 873 g/mol. The third kappa shape index (κ3) is 8.67. The lowest BCUT2D eigenvalue weighted by Gasteiger charge is -2.55. The van der Waals surface area contributed by atoms with Gasteiger partial charge in [0.05, 0.1) is 17.4 Å². The predicted molar refractivity (Wildman–Crippen MR) is 242 cm³/mol. The molecule has 5 aromatic rings. The number of H-pyrrole nitrogens is 1. The Hall–Kier alpha value is -5.38. The van der Waals surface area contributed by atoms with Crippen LogP contribution >= 0.6 is 0 Å². The van der Waals surface area contributed by atoms with Gasteiger partial charge in [0, 0.05) is 66.7 Å². The smallest absolute Gasteiger partial charge is 0.268 e. The zero-order chi connectivity index (χ0) is 43.3. The zero-order valence-electron chi connectivity index (χ0n) is 35.8. The highest BCUT2D eigenvalue weighted by Crippen LogP contribution is 2.51. The quantitative estimate of drug-likeness (QED) is 0.0829. The summed E-state index contributed by atoms with van der Waals surface area (Å²) in [7, 11) is -4.49. The normalized spacial score (nSPS) is 24.0. The van der Waals surface area contributed by atoms with Crippen LogP contribution < -0.4 is 19.7 Å². The zero-order valence-corrected chi connectivity index (χ0v) is 36.6. The molecule has 15 heteroatoms. The number of hydrogen-bond acceptors (Lipinski definition) is 12. The Bertz CT molecular complexity index is 2620. The molecular weight excluding hydrogens is 817 g/mol. The highest BCUT2D eigenvalue weighted by atomic mass is 32.2. The molecule has 0 bridgehead atoms. The van der Waals surface area contributed by atoms with Gasteiger partial charge in [0.1, 0.15) is 22.0 Å². The summed E-state index contributed by atoms with van der Waals surface area (Å²) in [5, 5.41) is 17.3. The van der Waals surface area contributed by atoms with Gasteiger partial charge in [-0.15, -0.1) is 4.91 Å². The Labute approximate surface area is 368 Å². The molecule has 1 atom stereocenters. The van der Waals surface area contributed by atoms with Crippen molar-refractivity contribution in [3.63, 3.8) is 0 Å². The van der Waals surface area contributed by atoms with Gasteiger partial charge in [0.2, 0.25) is 0 Å². The molecule has 1 amide bonds. The van der Waals surface area contributed by atoms with Crippen LogP contribution in [0.3, 0.4) is 0 Å². The third-order valence-corrected chi connectivity index (χ3v) is 15.9. The number of likely N-dealkylation sites (tertiary alicyclic amines) is 1. The molecule has 5 heterocycles. The number of nitrogens with one attached hydrogen (secondary N) is 3. The van der Waals surface area contributed by atoms with E-state index in [0.29, 0.717) is 42.9 Å². The summed E-state index contributed by atoms with van der Waals surface area (Å²) in [6.07, 6.45) is 17.3. The number of aromatic nitrogens is 3. The predicted octanol–water partition coefficient (Wildman–Crippen LogP) is 9.08. The molecule has 2 saturated heterocycles. The Morgan fingerprint density at radius 3 is 2.48 bits per heavy atom. The molecule has 3 aliphatic carbocycles. The van der Waals surface area contributed by atoms with Crippen molar-refractivity contribution in [2.75, 3.05) is 36.4 Å². The lowest BCUT2D eigenvalue weighted by Crippen LogP contribution is -2.59. The van der Waals surface area contributed by atoms with Gasteiger partial charge in [-0.1, -0.05) is 24.3 Å². The molecule has 14 nitrogen and oxygen atoms in total. The van der Waals surface area contributed by atoms with Crippen LogP contribution in [0.25, 0.3) is 11.0 Å². The number of ether oxygens (including phenoxy) is 1. The first-order valence-corrected chi connectivity index (χ1v) is 24.1. The number of amides is 1. The number of nitroso groups, excluding NO2 is 1. The fraction of sp³-hybridized carbons (Fsp3) is 0.479. The summed E-state index contributed by atoms with van der Waals surface area (Å²) in [6, 6.07) is 20.3. The number of anilines is 2. The molecule has 5 fully saturated rings. The highest BCUT2D eigenvalue weighted by Gasteiger charge is 2.47. The van der Waals surface area contributed by atoms with Crippen LogP contribution in [0.4, 0.5) is 17.2 Å². The summed E-state index contributed by atoms with van der Waals surface area (Å²) >= 11 is 0. The number of hydrogen-bond donors (Lipinski definition) is 4. The second kappa shape index (κ2) is 16.6. The minimum absolute atomic E-state index is 0.0158. The molecule has 4 N–H and O–H groups in total. The minimum atomic E-state index is -4.49. The summed E-state index contributed by atoms with van der Waals surface area (Å²) in [5.41, 5.74) is 4.10. The van der Waals surface area contributed by atoms with E-state index in [9.17, 15) is 23.2 Å². The van der Waals surface area contributed by atoms with Crippen LogP contribution in [0.1, 0.15) is 117 Å². The molecular formula is C48H56N8O6S. The number of pyridine rings is 2. The maximum absolute atomic E-state index is 13.9. The maximum atomic E-state index is 13.9. The number of rotatable bonds is 13. The highest BCUT2D eigenvalue weighted by molar-refractivity contribution is 7.90. The van der Waals surface area contributed by atoms with Crippen molar-refractivity contribution in [3.8, 4) is 11.5 Å². The summed E-state index contributed by atoms with van der Waals surface area (Å²) in [4.78, 5) is 42.3. The Balaban J connectivity index is 0.825. The Kier molecular flexibility index (Phi) is 11.0. The van der Waals surface area contributed by atoms with Crippen molar-refractivity contribution in [2.24, 2.45) is 16.5 Å². The van der Waals surface area contributed by atoms with Crippen LogP contribution in [0.5, 0.6) is 11.5 Å². The molecule has 3 saturated carbocycles. The van der Waals surface area contributed by atoms with Crippen LogP contribution in [-0.4, -0.2) is 77.1 Å². The van der Waals surface area contributed by atoms with Crippen molar-refractivity contribution < 1.29 is 23.1 Å². The SMILES string of the molecule is CC1(O)CCC(CNc2ncc(S(=O)(=O)NC(=O)c3ccc(N4CC5(CCC(N6CCC[C@@H]6c6ccccc6C6CC6)CC5)C4)cc3Oc3cnc4[nH]ccc4c3)cc2N=O)CC1. The third-order valence-electron chi connectivity index (χ3n) is 14.6. The first-order valence-electron chi connectivity index (χ1n) is 22.7. The van der Waals surface area contributed by atoms with Gasteiger partial charge >= 0.3 is 0 Å². The fourth-order valence-corrected chi connectivity index (χ4v) is 11.7. The average Bonchev–Trinajstić information content (AvgIpc) is 3.81. The minimum Gasteiger partial charge on any atom is -0.455 e. The lowest BCUT2D eigenvalue weighted by molar-refractivity contribution is 0.00975.